The molecule has 0 spiro atoms. The predicted octanol–water partition coefficient (Wildman–Crippen LogP) is 4.38. The molecule has 0 radical (unpaired) electrons. The number of nitrogens with one attached hydrogen (secondary N) is 1. The lowest BCUT2D eigenvalue weighted by molar-refractivity contribution is -0.137. The molecule has 4 rings (SSSR count). The Morgan fingerprint density at radius 3 is 2.76 bits per heavy atom. The van der Waals surface area contributed by atoms with Crippen LogP contribution in [0.4, 0.5) is 24.5 Å². The molecule has 178 valence electrons. The third kappa shape index (κ3) is 5.22. The van der Waals surface area contributed by atoms with Gasteiger partial charge in [0.2, 0.25) is 5.91 Å². The molecule has 2 atom stereocenters. The first-order valence-electron chi connectivity index (χ1n) is 11.0. The number of carbonyl (C=O) groups is 1. The number of carbonyl (C=O) groups excluding carboxylic acids is 1. The Bertz CT molecular complexity index is 1000. The Kier molecular flexibility index (Phi) is 7.05. The molecule has 2 aliphatic rings. The molecule has 1 N–H and O–H groups in total. The van der Waals surface area contributed by atoms with Gasteiger partial charge in [0, 0.05) is 56.3 Å². The molecule has 0 unspecified atom stereocenters. The highest BCUT2D eigenvalue weighted by molar-refractivity contribution is 6.30. The van der Waals surface area contributed by atoms with Crippen LogP contribution in [0, 0.1) is 5.92 Å². The van der Waals surface area contributed by atoms with E-state index in [1.54, 1.807) is 13.2 Å². The van der Waals surface area contributed by atoms with Crippen molar-refractivity contribution in [1.82, 2.24) is 5.32 Å². The van der Waals surface area contributed by atoms with Gasteiger partial charge in [-0.25, -0.2) is 0 Å². The number of hydrogen-bond donors (Lipinski definition) is 1. The minimum Gasteiger partial charge on any atom is -0.385 e. The summed E-state index contributed by atoms with van der Waals surface area (Å²) in [5.74, 6) is -0.609. The standard InChI is InChI=1S/C24H27ClF3N3O2/c1-33-11-3-8-29-23(32)20-13-16-12-17(24(26,27)28)6-7-21(16)31-10-9-30(15-22(20)31)19-5-2-4-18(25)14-19/h2,4-7,12,14,20,22H,3,8-11,13,15H2,1H3,(H,29,32)/t20-,22-/m0/s1. The van der Waals surface area contributed by atoms with E-state index in [0.717, 1.165) is 17.4 Å². The minimum atomic E-state index is -4.42. The van der Waals surface area contributed by atoms with Crippen LogP contribution in [0.5, 0.6) is 0 Å². The van der Waals surface area contributed by atoms with Crippen LogP contribution in [-0.4, -0.2) is 51.8 Å². The van der Waals surface area contributed by atoms with Crippen molar-refractivity contribution in [3.05, 3.63) is 58.6 Å². The molecule has 1 amide bonds. The number of rotatable bonds is 6. The molecule has 9 heteroatoms. The topological polar surface area (TPSA) is 44.8 Å². The molecule has 1 fully saturated rings. The van der Waals surface area contributed by atoms with Crippen LogP contribution in [0.25, 0.3) is 0 Å². The SMILES string of the molecule is COCCCNC(=O)[C@H]1Cc2cc(C(F)(F)F)ccc2N2CCN(c3cccc(Cl)c3)C[C@@H]12. The normalized spacial score (nSPS) is 20.3. The number of methoxy groups -OCH3 is 1. The maximum atomic E-state index is 13.3. The number of halogens is 4. The first-order chi connectivity index (χ1) is 15.8. The summed E-state index contributed by atoms with van der Waals surface area (Å²) in [5.41, 5.74) is 1.63. The molecule has 5 nitrogen and oxygen atoms in total. The molecule has 33 heavy (non-hydrogen) atoms. The first kappa shape index (κ1) is 23.7. The summed E-state index contributed by atoms with van der Waals surface area (Å²) in [6, 6.07) is 11.3. The number of anilines is 2. The number of fused-ring (bicyclic) bond motifs is 3. The smallest absolute Gasteiger partial charge is 0.385 e. The van der Waals surface area contributed by atoms with Crippen molar-refractivity contribution >= 4 is 28.9 Å². The van der Waals surface area contributed by atoms with Crippen LogP contribution in [-0.2, 0) is 22.1 Å². The molecule has 0 aliphatic carbocycles. The number of amides is 1. The summed E-state index contributed by atoms with van der Waals surface area (Å²) < 4.78 is 45.0. The summed E-state index contributed by atoms with van der Waals surface area (Å²) >= 11 is 6.18. The van der Waals surface area contributed by atoms with E-state index in [1.165, 1.54) is 6.07 Å². The third-order valence-corrected chi connectivity index (χ3v) is 6.61. The van der Waals surface area contributed by atoms with Gasteiger partial charge in [0.25, 0.3) is 0 Å². The van der Waals surface area contributed by atoms with E-state index < -0.39 is 17.7 Å². The Morgan fingerprint density at radius 2 is 2.03 bits per heavy atom. The Labute approximate surface area is 196 Å². The van der Waals surface area contributed by atoms with Crippen LogP contribution in [0.2, 0.25) is 5.02 Å². The molecule has 1 saturated heterocycles. The van der Waals surface area contributed by atoms with Gasteiger partial charge in [0.1, 0.15) is 0 Å². The monoisotopic (exact) mass is 481 g/mol. The summed E-state index contributed by atoms with van der Waals surface area (Å²) in [6.07, 6.45) is -3.48. The van der Waals surface area contributed by atoms with Crippen LogP contribution in [0.3, 0.4) is 0 Å². The zero-order valence-electron chi connectivity index (χ0n) is 18.4. The van der Waals surface area contributed by atoms with Gasteiger partial charge in [-0.1, -0.05) is 17.7 Å². The summed E-state index contributed by atoms with van der Waals surface area (Å²) in [5, 5.41) is 3.59. The van der Waals surface area contributed by atoms with Crippen molar-refractivity contribution in [2.24, 2.45) is 5.92 Å². The minimum absolute atomic E-state index is 0.142. The highest BCUT2D eigenvalue weighted by Crippen LogP contribution is 2.40. The van der Waals surface area contributed by atoms with E-state index in [-0.39, 0.29) is 18.4 Å². The average Bonchev–Trinajstić information content (AvgIpc) is 2.80. The van der Waals surface area contributed by atoms with E-state index in [0.29, 0.717) is 49.8 Å². The van der Waals surface area contributed by atoms with Crippen molar-refractivity contribution in [2.75, 3.05) is 49.7 Å². The Morgan fingerprint density at radius 1 is 1.21 bits per heavy atom. The van der Waals surface area contributed by atoms with E-state index in [1.807, 2.05) is 24.3 Å². The van der Waals surface area contributed by atoms with Gasteiger partial charge < -0.3 is 19.9 Å². The first-order valence-corrected chi connectivity index (χ1v) is 11.4. The van der Waals surface area contributed by atoms with Crippen molar-refractivity contribution in [1.29, 1.82) is 0 Å². The second-order valence-corrected chi connectivity index (χ2v) is 8.91. The highest BCUT2D eigenvalue weighted by atomic mass is 35.5. The molecule has 2 aromatic rings. The second kappa shape index (κ2) is 9.81. The number of hydrogen-bond acceptors (Lipinski definition) is 4. The predicted molar refractivity (Wildman–Crippen MR) is 123 cm³/mol. The average molecular weight is 482 g/mol. The molecular formula is C24H27ClF3N3O2. The largest absolute Gasteiger partial charge is 0.416 e. The number of piperazine rings is 1. The van der Waals surface area contributed by atoms with Crippen molar-refractivity contribution in [3.8, 4) is 0 Å². The zero-order valence-corrected chi connectivity index (χ0v) is 19.1. The number of ether oxygens (including phenoxy) is 1. The summed E-state index contributed by atoms with van der Waals surface area (Å²) in [6.45, 7) is 2.85. The lowest BCUT2D eigenvalue weighted by Gasteiger charge is -2.49. The van der Waals surface area contributed by atoms with E-state index in [9.17, 15) is 18.0 Å². The van der Waals surface area contributed by atoms with Crippen molar-refractivity contribution in [2.45, 2.75) is 25.1 Å². The second-order valence-electron chi connectivity index (χ2n) is 8.48. The van der Waals surface area contributed by atoms with Crippen molar-refractivity contribution in [3.63, 3.8) is 0 Å². The zero-order chi connectivity index (χ0) is 23.6. The fraction of sp³-hybridized carbons (Fsp3) is 0.458. The van der Waals surface area contributed by atoms with E-state index in [4.69, 9.17) is 16.3 Å². The highest BCUT2D eigenvalue weighted by Gasteiger charge is 2.42. The molecule has 2 heterocycles. The lowest BCUT2D eigenvalue weighted by Crippen LogP contribution is -2.61. The quantitative estimate of drug-likeness (QED) is 0.622. The van der Waals surface area contributed by atoms with Crippen LogP contribution < -0.4 is 15.1 Å². The van der Waals surface area contributed by atoms with Crippen LogP contribution >= 0.6 is 11.6 Å². The number of nitrogens with zero attached hydrogens (tertiary/aromatic N) is 2. The fourth-order valence-corrected chi connectivity index (χ4v) is 4.95. The van der Waals surface area contributed by atoms with Gasteiger partial charge in [-0.05, 0) is 54.8 Å². The number of benzene rings is 2. The van der Waals surface area contributed by atoms with Gasteiger partial charge in [-0.15, -0.1) is 0 Å². The third-order valence-electron chi connectivity index (χ3n) is 6.37. The maximum Gasteiger partial charge on any atom is 0.416 e. The van der Waals surface area contributed by atoms with Gasteiger partial charge in [0.05, 0.1) is 17.5 Å². The number of alkyl halides is 3. The molecular weight excluding hydrogens is 455 g/mol. The lowest BCUT2D eigenvalue weighted by atomic mass is 9.82. The van der Waals surface area contributed by atoms with Gasteiger partial charge in [-0.2, -0.15) is 13.2 Å². The van der Waals surface area contributed by atoms with Crippen LogP contribution in [0.1, 0.15) is 17.5 Å². The molecule has 0 aromatic heterocycles. The van der Waals surface area contributed by atoms with Crippen molar-refractivity contribution < 1.29 is 22.7 Å². The van der Waals surface area contributed by atoms with Crippen LogP contribution in [0.15, 0.2) is 42.5 Å². The van der Waals surface area contributed by atoms with E-state index >= 15 is 0 Å². The van der Waals surface area contributed by atoms with Gasteiger partial charge in [-0.3, -0.25) is 4.79 Å². The molecule has 0 saturated carbocycles. The Balaban J connectivity index is 1.62. The van der Waals surface area contributed by atoms with Gasteiger partial charge >= 0.3 is 6.18 Å². The molecule has 0 bridgehead atoms. The summed E-state index contributed by atoms with van der Waals surface area (Å²) in [4.78, 5) is 17.4. The Hall–Kier alpha value is -2.45. The summed E-state index contributed by atoms with van der Waals surface area (Å²) in [7, 11) is 1.60. The van der Waals surface area contributed by atoms with Gasteiger partial charge in [0.15, 0.2) is 0 Å². The van der Waals surface area contributed by atoms with E-state index in [2.05, 4.69) is 15.1 Å². The fourth-order valence-electron chi connectivity index (χ4n) is 4.77. The molecule has 2 aliphatic heterocycles. The molecule has 2 aromatic carbocycles. The maximum absolute atomic E-state index is 13.3.